The van der Waals surface area contributed by atoms with E-state index in [1.807, 2.05) is 12.1 Å². The summed E-state index contributed by atoms with van der Waals surface area (Å²) in [6, 6.07) is 20.2. The van der Waals surface area contributed by atoms with Gasteiger partial charge in [-0.1, -0.05) is 24.3 Å². The number of carboxylic acid groups (broad SMARTS) is 1. The molecule has 0 N–H and O–H groups in total. The average molecular weight is 603 g/mol. The van der Waals surface area contributed by atoms with Crippen molar-refractivity contribution in [2.75, 3.05) is 19.0 Å². The van der Waals surface area contributed by atoms with Gasteiger partial charge in [-0.15, -0.1) is 22.7 Å². The Labute approximate surface area is 258 Å². The van der Waals surface area contributed by atoms with Crippen LogP contribution in [0.4, 0.5) is 5.69 Å². The second-order valence-electron chi connectivity index (χ2n) is 12.6. The summed E-state index contributed by atoms with van der Waals surface area (Å²) in [5.74, 6) is 0.228. The number of hydrogen-bond donors (Lipinski definition) is 0. The van der Waals surface area contributed by atoms with Crippen LogP contribution in [0, 0.1) is 0 Å². The van der Waals surface area contributed by atoms with Crippen LogP contribution in [-0.2, 0) is 11.1 Å². The van der Waals surface area contributed by atoms with E-state index >= 15 is 0 Å². The number of carboxylic acids is 1. The van der Waals surface area contributed by atoms with Gasteiger partial charge in [0, 0.05) is 76.1 Å². The van der Waals surface area contributed by atoms with Crippen molar-refractivity contribution in [3.63, 3.8) is 0 Å². The summed E-state index contributed by atoms with van der Waals surface area (Å²) in [5, 5.41) is 18.7. The minimum absolute atomic E-state index is 0.163. The molecule has 3 aliphatic heterocycles. The predicted molar refractivity (Wildman–Crippen MR) is 173 cm³/mol. The van der Waals surface area contributed by atoms with Gasteiger partial charge in [-0.05, 0) is 54.4 Å². The molecule has 0 saturated carbocycles. The van der Waals surface area contributed by atoms with Crippen LogP contribution in [-0.4, -0.2) is 20.1 Å². The molecule has 8 rings (SSSR count). The fourth-order valence-electron chi connectivity index (χ4n) is 7.01. The smallest absolute Gasteiger partial charge is 0.212 e. The van der Waals surface area contributed by atoms with Crippen molar-refractivity contribution >= 4 is 39.9 Å². The molecule has 3 aliphatic rings. The lowest BCUT2D eigenvalue weighted by atomic mass is 9.83. The third-order valence-corrected chi connectivity index (χ3v) is 12.2. The molecular weight excluding hydrogens is 573 g/mol. The first-order valence-electron chi connectivity index (χ1n) is 14.4. The molecule has 0 radical (unpaired) electrons. The van der Waals surface area contributed by atoms with Crippen LogP contribution in [0.1, 0.15) is 58.9 Å². The topological polar surface area (TPSA) is 55.6 Å². The van der Waals surface area contributed by atoms with E-state index in [-0.39, 0.29) is 16.6 Å². The Hall–Kier alpha value is -4.20. The zero-order valence-electron chi connectivity index (χ0n) is 24.9. The molecular formula is C36H30N2O3S2. The molecule has 5 heterocycles. The van der Waals surface area contributed by atoms with Crippen LogP contribution in [0.25, 0.3) is 27.8 Å². The number of fused-ring (bicyclic) bond motifs is 8. The first kappa shape index (κ1) is 26.4. The molecule has 5 nitrogen and oxygen atoms in total. The Morgan fingerprint density at radius 3 is 2.26 bits per heavy atom. The summed E-state index contributed by atoms with van der Waals surface area (Å²) in [7, 11) is 4.26. The average Bonchev–Trinajstić information content (AvgIpc) is 3.68. The summed E-state index contributed by atoms with van der Waals surface area (Å²) in [4.78, 5) is 17.4. The van der Waals surface area contributed by atoms with E-state index in [0.717, 1.165) is 38.5 Å². The molecule has 0 unspecified atom stereocenters. The first-order valence-corrected chi connectivity index (χ1v) is 16.1. The zero-order chi connectivity index (χ0) is 30.0. The van der Waals surface area contributed by atoms with Gasteiger partial charge in [0.25, 0.3) is 0 Å². The second-order valence-corrected chi connectivity index (χ2v) is 14.4. The van der Waals surface area contributed by atoms with E-state index in [9.17, 15) is 9.90 Å². The molecule has 0 amide bonds. The Bertz CT molecular complexity index is 2180. The molecule has 0 aliphatic carbocycles. The van der Waals surface area contributed by atoms with E-state index in [2.05, 4.69) is 98.4 Å². The lowest BCUT2D eigenvalue weighted by Gasteiger charge is -2.43. The van der Waals surface area contributed by atoms with Crippen molar-refractivity contribution in [2.24, 2.45) is 0 Å². The van der Waals surface area contributed by atoms with Crippen LogP contribution >= 0.6 is 22.7 Å². The normalized spacial score (nSPS) is 16.7. The molecule has 5 aromatic rings. The van der Waals surface area contributed by atoms with Gasteiger partial charge in [0.05, 0.1) is 28.0 Å². The van der Waals surface area contributed by atoms with Crippen LogP contribution in [0.15, 0.2) is 71.4 Å². The highest BCUT2D eigenvalue weighted by Gasteiger charge is 2.41. The zero-order valence-corrected chi connectivity index (χ0v) is 26.5. The van der Waals surface area contributed by atoms with Gasteiger partial charge in [-0.25, -0.2) is 4.58 Å². The standard InChI is InChI=1S/C36H30N2O3S2/c1-35(2)32-20(11-13-42-32)23-15-25-29(17-27(23)37(35)5)41-30-18-28-24(21-12-14-43-33(21)36(3,4)38(28)6)16-26(30)31(25)19-9-7-8-10-22(19)34(39)40/h7-18H,1-6H3. The van der Waals surface area contributed by atoms with Gasteiger partial charge in [0.15, 0.2) is 5.54 Å². The molecule has 214 valence electrons. The fraction of sp³-hybridized carbons (Fsp3) is 0.222. The summed E-state index contributed by atoms with van der Waals surface area (Å²) in [6.07, 6.45) is 0. The summed E-state index contributed by atoms with van der Waals surface area (Å²) in [6.45, 7) is 8.99. The molecule has 43 heavy (non-hydrogen) atoms. The summed E-state index contributed by atoms with van der Waals surface area (Å²) >= 11 is 3.54. The number of aromatic carboxylic acids is 1. The van der Waals surface area contributed by atoms with Gasteiger partial charge in [0.1, 0.15) is 18.5 Å². The lowest BCUT2D eigenvalue weighted by molar-refractivity contribution is -0.255. The number of rotatable bonds is 2. The Morgan fingerprint density at radius 1 is 0.814 bits per heavy atom. The Morgan fingerprint density at radius 2 is 1.51 bits per heavy atom. The largest absolute Gasteiger partial charge is 0.545 e. The quantitative estimate of drug-likeness (QED) is 0.231. The number of nitrogens with zero attached hydrogens (tertiary/aromatic N) is 2. The second kappa shape index (κ2) is 8.68. The SMILES string of the molecule is CN1c2cc3c(cc2-c2ccsc2C1(C)C)C(c1ccccc1C(=O)[O-])=c1cc2c(cc1O3)=[N+](C)C(C)(C)c1sccc1-2. The fourth-order valence-corrected chi connectivity index (χ4v) is 9.16. The minimum atomic E-state index is -1.20. The third-order valence-electron chi connectivity index (χ3n) is 9.79. The summed E-state index contributed by atoms with van der Waals surface area (Å²) in [5.41, 5.74) is 7.88. The van der Waals surface area contributed by atoms with Crippen LogP contribution in [0.3, 0.4) is 0 Å². The number of ether oxygens (including phenoxy) is 1. The lowest BCUT2D eigenvalue weighted by Crippen LogP contribution is -2.45. The third kappa shape index (κ3) is 3.43. The Balaban J connectivity index is 1.52. The van der Waals surface area contributed by atoms with Crippen molar-refractivity contribution in [1.29, 1.82) is 0 Å². The predicted octanol–water partition coefficient (Wildman–Crippen LogP) is 5.91. The highest BCUT2D eigenvalue weighted by Crippen LogP contribution is 2.53. The molecule has 7 heteroatoms. The number of thiophene rings is 2. The van der Waals surface area contributed by atoms with Crippen molar-refractivity contribution in [3.8, 4) is 33.8 Å². The molecule has 0 spiro atoms. The monoisotopic (exact) mass is 602 g/mol. The van der Waals surface area contributed by atoms with E-state index in [1.165, 1.54) is 20.9 Å². The van der Waals surface area contributed by atoms with Gasteiger partial charge in [-0.2, -0.15) is 0 Å². The van der Waals surface area contributed by atoms with Crippen molar-refractivity contribution in [3.05, 3.63) is 108 Å². The van der Waals surface area contributed by atoms with Gasteiger partial charge in [0.2, 0.25) is 5.36 Å². The molecule has 0 fully saturated rings. The highest BCUT2D eigenvalue weighted by atomic mass is 32.1. The van der Waals surface area contributed by atoms with Crippen molar-refractivity contribution < 1.29 is 14.6 Å². The molecule has 0 saturated heterocycles. The molecule has 2 aromatic heterocycles. The van der Waals surface area contributed by atoms with Crippen LogP contribution in [0.2, 0.25) is 0 Å². The molecule has 3 aromatic carbocycles. The van der Waals surface area contributed by atoms with Gasteiger partial charge in [-0.3, -0.25) is 0 Å². The number of anilines is 1. The Kier molecular flexibility index (Phi) is 5.33. The van der Waals surface area contributed by atoms with E-state index < -0.39 is 5.97 Å². The van der Waals surface area contributed by atoms with E-state index in [1.54, 1.807) is 34.8 Å². The molecule has 0 bridgehead atoms. The summed E-state index contributed by atoms with van der Waals surface area (Å²) < 4.78 is 9.12. The van der Waals surface area contributed by atoms with E-state index in [4.69, 9.17) is 4.74 Å². The maximum absolute atomic E-state index is 12.5. The number of benzene rings is 3. The van der Waals surface area contributed by atoms with Crippen LogP contribution < -0.4 is 29.9 Å². The number of carbonyl (C=O) groups is 1. The van der Waals surface area contributed by atoms with Crippen molar-refractivity contribution in [1.82, 2.24) is 4.58 Å². The maximum Gasteiger partial charge on any atom is 0.212 e. The number of hydrogen-bond acceptors (Lipinski definition) is 6. The van der Waals surface area contributed by atoms with Gasteiger partial charge >= 0.3 is 0 Å². The van der Waals surface area contributed by atoms with Crippen LogP contribution in [0.5, 0.6) is 11.5 Å². The first-order chi connectivity index (χ1) is 20.5. The maximum atomic E-state index is 12.5. The number of carbonyl (C=O) groups excluding carboxylic acids is 1. The minimum Gasteiger partial charge on any atom is -0.545 e. The van der Waals surface area contributed by atoms with Crippen molar-refractivity contribution in [2.45, 2.75) is 38.8 Å². The highest BCUT2D eigenvalue weighted by molar-refractivity contribution is 7.11. The molecule has 0 atom stereocenters. The van der Waals surface area contributed by atoms with E-state index in [0.29, 0.717) is 17.1 Å². The van der Waals surface area contributed by atoms with Gasteiger partial charge < -0.3 is 19.5 Å².